The van der Waals surface area contributed by atoms with Crippen molar-refractivity contribution >= 4 is 10.0 Å². The zero-order valence-corrected chi connectivity index (χ0v) is 21.1. The normalized spacial score (nSPS) is 12.2. The van der Waals surface area contributed by atoms with Crippen molar-refractivity contribution in [3.8, 4) is 11.5 Å². The number of nitrogens with zero attached hydrogens (tertiary/aromatic N) is 3. The van der Waals surface area contributed by atoms with Crippen molar-refractivity contribution in [3.05, 3.63) is 71.7 Å². The maximum absolute atomic E-state index is 15.0. The number of rotatable bonds is 11. The van der Waals surface area contributed by atoms with E-state index in [-0.39, 0.29) is 13.1 Å². The quantitative estimate of drug-likeness (QED) is 0.380. The minimum atomic E-state index is -4.25. The standard InChI is InChI=1S/C25H32FN3O4S/c1-6-15-25(2,3)29-18-23(26)24(27-29)34(30,31)28(16-19-7-11-21(32-4)12-8-19)17-20-9-13-22(33-5)14-10-20/h7-14,18H,6,15-17H2,1-5H3. The number of benzene rings is 2. The maximum atomic E-state index is 15.0. The van der Waals surface area contributed by atoms with Crippen LogP contribution in [0.15, 0.2) is 59.8 Å². The molecule has 1 aromatic heterocycles. The fourth-order valence-corrected chi connectivity index (χ4v) is 5.14. The van der Waals surface area contributed by atoms with Gasteiger partial charge in [0.15, 0.2) is 5.82 Å². The van der Waals surface area contributed by atoms with Crippen molar-refractivity contribution in [2.45, 2.75) is 57.3 Å². The van der Waals surface area contributed by atoms with Gasteiger partial charge >= 0.3 is 0 Å². The van der Waals surface area contributed by atoms with Gasteiger partial charge in [-0.25, -0.2) is 12.8 Å². The first-order valence-electron chi connectivity index (χ1n) is 11.1. The van der Waals surface area contributed by atoms with Crippen LogP contribution in [-0.4, -0.2) is 36.7 Å². The Labute approximate surface area is 201 Å². The van der Waals surface area contributed by atoms with Crippen molar-refractivity contribution in [2.75, 3.05) is 14.2 Å². The van der Waals surface area contributed by atoms with E-state index in [1.165, 1.54) is 15.2 Å². The molecule has 9 heteroatoms. The van der Waals surface area contributed by atoms with E-state index in [0.717, 1.165) is 24.0 Å². The van der Waals surface area contributed by atoms with Crippen molar-refractivity contribution in [2.24, 2.45) is 0 Å². The molecule has 0 N–H and O–H groups in total. The highest BCUT2D eigenvalue weighted by Gasteiger charge is 2.33. The van der Waals surface area contributed by atoms with E-state index in [1.807, 2.05) is 20.8 Å². The summed E-state index contributed by atoms with van der Waals surface area (Å²) in [6.07, 6.45) is 2.76. The van der Waals surface area contributed by atoms with Gasteiger partial charge in [0.1, 0.15) is 11.5 Å². The number of aromatic nitrogens is 2. The minimum absolute atomic E-state index is 0.0447. The molecule has 0 unspecified atom stereocenters. The molecule has 3 rings (SSSR count). The molecule has 0 bridgehead atoms. The number of methoxy groups -OCH3 is 2. The summed E-state index contributed by atoms with van der Waals surface area (Å²) in [6.45, 7) is 5.92. The zero-order chi connectivity index (χ0) is 24.9. The highest BCUT2D eigenvalue weighted by atomic mass is 32.2. The summed E-state index contributed by atoms with van der Waals surface area (Å²) in [6, 6.07) is 14.2. The molecule has 0 aliphatic rings. The number of hydrogen-bond acceptors (Lipinski definition) is 5. The Hall–Kier alpha value is -2.91. The molecule has 0 saturated heterocycles. The molecule has 0 amide bonds. The highest BCUT2D eigenvalue weighted by molar-refractivity contribution is 7.89. The van der Waals surface area contributed by atoms with Crippen LogP contribution in [0.5, 0.6) is 11.5 Å². The third-order valence-corrected chi connectivity index (χ3v) is 7.44. The van der Waals surface area contributed by atoms with Gasteiger partial charge in [-0.3, -0.25) is 4.68 Å². The summed E-state index contributed by atoms with van der Waals surface area (Å²) in [7, 11) is -1.12. The second-order valence-electron chi connectivity index (χ2n) is 8.76. The minimum Gasteiger partial charge on any atom is -0.497 e. The average molecular weight is 490 g/mol. The Bertz CT molecular complexity index is 1140. The lowest BCUT2D eigenvalue weighted by molar-refractivity contribution is 0.287. The Morgan fingerprint density at radius 3 is 1.82 bits per heavy atom. The van der Waals surface area contributed by atoms with Gasteiger partial charge in [-0.15, -0.1) is 0 Å². The van der Waals surface area contributed by atoms with Crippen LogP contribution in [0.1, 0.15) is 44.7 Å². The van der Waals surface area contributed by atoms with Gasteiger partial charge in [0, 0.05) is 13.1 Å². The second-order valence-corrected chi connectivity index (χ2v) is 10.6. The Kier molecular flexibility index (Phi) is 7.99. The van der Waals surface area contributed by atoms with Gasteiger partial charge in [-0.2, -0.15) is 9.40 Å². The molecule has 1 heterocycles. The van der Waals surface area contributed by atoms with Crippen LogP contribution in [0.4, 0.5) is 4.39 Å². The molecule has 0 aliphatic carbocycles. The number of halogens is 1. The lowest BCUT2D eigenvalue weighted by Crippen LogP contribution is -2.32. The van der Waals surface area contributed by atoms with Crippen molar-refractivity contribution in [1.82, 2.24) is 14.1 Å². The molecule has 0 spiro atoms. The zero-order valence-electron chi connectivity index (χ0n) is 20.3. The molecule has 34 heavy (non-hydrogen) atoms. The van der Waals surface area contributed by atoms with Crippen LogP contribution in [0.3, 0.4) is 0 Å². The van der Waals surface area contributed by atoms with E-state index in [2.05, 4.69) is 5.10 Å². The largest absolute Gasteiger partial charge is 0.497 e. The number of hydrogen-bond donors (Lipinski definition) is 0. The van der Waals surface area contributed by atoms with E-state index in [1.54, 1.807) is 62.8 Å². The number of ether oxygens (including phenoxy) is 2. The first-order valence-corrected chi connectivity index (χ1v) is 12.6. The smallest absolute Gasteiger partial charge is 0.265 e. The van der Waals surface area contributed by atoms with Gasteiger partial charge in [0.05, 0.1) is 26.0 Å². The van der Waals surface area contributed by atoms with Crippen LogP contribution >= 0.6 is 0 Å². The second kappa shape index (κ2) is 10.6. The molecular weight excluding hydrogens is 457 g/mol. The summed E-state index contributed by atoms with van der Waals surface area (Å²) >= 11 is 0. The Morgan fingerprint density at radius 1 is 0.941 bits per heavy atom. The first-order chi connectivity index (χ1) is 16.1. The summed E-state index contributed by atoms with van der Waals surface area (Å²) in [5.41, 5.74) is 0.966. The lowest BCUT2D eigenvalue weighted by Gasteiger charge is -2.25. The first kappa shape index (κ1) is 25.7. The summed E-state index contributed by atoms with van der Waals surface area (Å²) in [5, 5.41) is 3.63. The molecule has 3 aromatic rings. The Morgan fingerprint density at radius 2 is 1.41 bits per heavy atom. The van der Waals surface area contributed by atoms with Gasteiger partial charge < -0.3 is 9.47 Å². The van der Waals surface area contributed by atoms with Gasteiger partial charge in [-0.05, 0) is 55.7 Å². The van der Waals surface area contributed by atoms with E-state index in [9.17, 15) is 12.8 Å². The third-order valence-electron chi connectivity index (χ3n) is 5.74. The van der Waals surface area contributed by atoms with Crippen molar-refractivity contribution in [3.63, 3.8) is 0 Å². The van der Waals surface area contributed by atoms with E-state index in [0.29, 0.717) is 11.5 Å². The SMILES string of the molecule is CCCC(C)(C)n1cc(F)c(S(=O)(=O)N(Cc2ccc(OC)cc2)Cc2ccc(OC)cc2)n1. The van der Waals surface area contributed by atoms with Gasteiger partial charge in [0.25, 0.3) is 10.0 Å². The topological polar surface area (TPSA) is 73.7 Å². The molecular formula is C25H32FN3O4S. The summed E-state index contributed by atoms with van der Waals surface area (Å²) in [5.74, 6) is 0.464. The van der Waals surface area contributed by atoms with Crippen LogP contribution < -0.4 is 9.47 Å². The van der Waals surface area contributed by atoms with Crippen LogP contribution in [0, 0.1) is 5.82 Å². The van der Waals surface area contributed by atoms with E-state index < -0.39 is 26.4 Å². The number of sulfonamides is 1. The average Bonchev–Trinajstić information content (AvgIpc) is 3.23. The molecule has 0 atom stereocenters. The fraction of sp³-hybridized carbons (Fsp3) is 0.400. The predicted molar refractivity (Wildman–Crippen MR) is 129 cm³/mol. The highest BCUT2D eigenvalue weighted by Crippen LogP contribution is 2.27. The van der Waals surface area contributed by atoms with Crippen LogP contribution in [0.2, 0.25) is 0 Å². The van der Waals surface area contributed by atoms with Crippen LogP contribution in [-0.2, 0) is 28.7 Å². The monoisotopic (exact) mass is 489 g/mol. The Balaban J connectivity index is 2.00. The molecule has 2 aromatic carbocycles. The van der Waals surface area contributed by atoms with E-state index >= 15 is 0 Å². The van der Waals surface area contributed by atoms with Crippen molar-refractivity contribution in [1.29, 1.82) is 0 Å². The van der Waals surface area contributed by atoms with E-state index in [4.69, 9.17) is 9.47 Å². The molecule has 0 aliphatic heterocycles. The van der Waals surface area contributed by atoms with Crippen LogP contribution in [0.25, 0.3) is 0 Å². The lowest BCUT2D eigenvalue weighted by atomic mass is 10.00. The summed E-state index contributed by atoms with van der Waals surface area (Å²) < 4.78 is 55.4. The summed E-state index contributed by atoms with van der Waals surface area (Å²) in [4.78, 5) is 0. The van der Waals surface area contributed by atoms with Gasteiger partial charge in [0.2, 0.25) is 5.03 Å². The maximum Gasteiger partial charge on any atom is 0.265 e. The molecule has 0 saturated carbocycles. The predicted octanol–water partition coefficient (Wildman–Crippen LogP) is 4.97. The molecule has 0 radical (unpaired) electrons. The fourth-order valence-electron chi connectivity index (χ4n) is 3.77. The third kappa shape index (κ3) is 5.77. The molecule has 184 valence electrons. The molecule has 7 nitrogen and oxygen atoms in total. The van der Waals surface area contributed by atoms with Crippen molar-refractivity contribution < 1.29 is 22.3 Å². The molecule has 0 fully saturated rings. The van der Waals surface area contributed by atoms with Gasteiger partial charge in [-0.1, -0.05) is 37.6 Å².